The van der Waals surface area contributed by atoms with E-state index in [0.717, 1.165) is 28.1 Å². The molecule has 1 aliphatic rings. The lowest BCUT2D eigenvalue weighted by Crippen LogP contribution is -2.29. The Morgan fingerprint density at radius 1 is 0.943 bits per heavy atom. The van der Waals surface area contributed by atoms with E-state index in [1.807, 2.05) is 61.5 Å². The van der Waals surface area contributed by atoms with Crippen LogP contribution in [0.4, 0.5) is 5.69 Å². The minimum Gasteiger partial charge on any atom is -0.494 e. The van der Waals surface area contributed by atoms with Crippen molar-refractivity contribution in [3.8, 4) is 17.0 Å². The van der Waals surface area contributed by atoms with Crippen LogP contribution >= 0.6 is 0 Å². The standard InChI is InChI=1S/C28H25N3O4/c1-3-34-22-16-12-18(13-17-22)24-23-25(30-29-24)27(32)31(26(23)19-8-6-5-7-9-19)21-14-10-20(11-15-21)28(33)35-4-2/h5-17,26H,3-4H2,1-2H3,(H,29,30). The molecule has 1 amide bonds. The first-order chi connectivity index (χ1) is 17.1. The van der Waals surface area contributed by atoms with Gasteiger partial charge in [0.2, 0.25) is 0 Å². The predicted molar refractivity (Wildman–Crippen MR) is 133 cm³/mol. The second kappa shape index (κ2) is 9.46. The Bertz CT molecular complexity index is 1350. The predicted octanol–water partition coefficient (Wildman–Crippen LogP) is 5.40. The minimum absolute atomic E-state index is 0.178. The van der Waals surface area contributed by atoms with Gasteiger partial charge in [0.15, 0.2) is 0 Å². The summed E-state index contributed by atoms with van der Waals surface area (Å²) < 4.78 is 10.7. The maximum atomic E-state index is 13.6. The molecule has 1 unspecified atom stereocenters. The van der Waals surface area contributed by atoms with E-state index < -0.39 is 5.97 Å². The van der Waals surface area contributed by atoms with Gasteiger partial charge in [-0.2, -0.15) is 5.10 Å². The maximum absolute atomic E-state index is 13.6. The highest BCUT2D eigenvalue weighted by Crippen LogP contribution is 2.45. The molecule has 0 fully saturated rings. The summed E-state index contributed by atoms with van der Waals surface area (Å²) in [5.74, 6) is 0.212. The highest BCUT2D eigenvalue weighted by molar-refractivity contribution is 6.12. The number of hydrogen-bond donors (Lipinski definition) is 1. The normalized spacial score (nSPS) is 14.6. The highest BCUT2D eigenvalue weighted by atomic mass is 16.5. The van der Waals surface area contributed by atoms with E-state index in [1.165, 1.54) is 0 Å². The fraction of sp³-hybridized carbons (Fsp3) is 0.179. The molecule has 0 spiro atoms. The lowest BCUT2D eigenvalue weighted by Gasteiger charge is -2.26. The zero-order valence-electron chi connectivity index (χ0n) is 19.5. The van der Waals surface area contributed by atoms with Crippen molar-refractivity contribution in [2.24, 2.45) is 0 Å². The first kappa shape index (κ1) is 22.4. The molecule has 2 heterocycles. The van der Waals surface area contributed by atoms with Gasteiger partial charge in [-0.25, -0.2) is 4.79 Å². The van der Waals surface area contributed by atoms with E-state index in [-0.39, 0.29) is 11.9 Å². The Morgan fingerprint density at radius 2 is 1.66 bits per heavy atom. The Balaban J connectivity index is 1.58. The molecular formula is C28H25N3O4. The molecule has 7 heteroatoms. The number of carbonyl (C=O) groups excluding carboxylic acids is 2. The first-order valence-electron chi connectivity index (χ1n) is 11.6. The van der Waals surface area contributed by atoms with Crippen LogP contribution in [0.15, 0.2) is 78.9 Å². The van der Waals surface area contributed by atoms with Crippen LogP contribution in [0, 0.1) is 0 Å². The van der Waals surface area contributed by atoms with Crippen molar-refractivity contribution in [2.75, 3.05) is 18.1 Å². The number of nitrogens with one attached hydrogen (secondary N) is 1. The summed E-state index contributed by atoms with van der Waals surface area (Å²) in [6, 6.07) is 24.1. The Morgan fingerprint density at radius 3 is 2.31 bits per heavy atom. The number of carbonyl (C=O) groups is 2. The Kier molecular flexibility index (Phi) is 6.06. The van der Waals surface area contributed by atoms with Gasteiger partial charge in [0.1, 0.15) is 11.4 Å². The van der Waals surface area contributed by atoms with Crippen molar-refractivity contribution < 1.29 is 19.1 Å². The number of benzene rings is 3. The van der Waals surface area contributed by atoms with Crippen LogP contribution in [0.3, 0.4) is 0 Å². The molecule has 35 heavy (non-hydrogen) atoms. The second-order valence-electron chi connectivity index (χ2n) is 8.07. The topological polar surface area (TPSA) is 84.5 Å². The number of nitrogens with zero attached hydrogens (tertiary/aromatic N) is 2. The van der Waals surface area contributed by atoms with Gasteiger partial charge in [-0.3, -0.25) is 14.8 Å². The van der Waals surface area contributed by atoms with Crippen molar-refractivity contribution in [1.29, 1.82) is 0 Å². The molecule has 5 rings (SSSR count). The summed E-state index contributed by atoms with van der Waals surface area (Å²) in [6.45, 7) is 4.60. The number of aromatic amines is 1. The summed E-state index contributed by atoms with van der Waals surface area (Å²) in [6.07, 6.45) is 0. The molecule has 4 aromatic rings. The first-order valence-corrected chi connectivity index (χ1v) is 11.6. The third kappa shape index (κ3) is 4.05. The van der Waals surface area contributed by atoms with Gasteiger partial charge in [-0.15, -0.1) is 0 Å². The van der Waals surface area contributed by atoms with Crippen molar-refractivity contribution in [2.45, 2.75) is 19.9 Å². The number of H-pyrrole nitrogens is 1. The number of esters is 1. The molecule has 1 atom stereocenters. The van der Waals surface area contributed by atoms with Crippen molar-refractivity contribution in [3.63, 3.8) is 0 Å². The molecule has 1 N–H and O–H groups in total. The third-order valence-electron chi connectivity index (χ3n) is 5.98. The molecule has 0 saturated heterocycles. The van der Waals surface area contributed by atoms with Crippen LogP contribution in [0.25, 0.3) is 11.3 Å². The third-order valence-corrected chi connectivity index (χ3v) is 5.98. The van der Waals surface area contributed by atoms with Gasteiger partial charge >= 0.3 is 5.97 Å². The van der Waals surface area contributed by atoms with Crippen LogP contribution < -0.4 is 9.64 Å². The maximum Gasteiger partial charge on any atom is 0.338 e. The van der Waals surface area contributed by atoms with E-state index in [9.17, 15) is 9.59 Å². The molecule has 0 saturated carbocycles. The Labute approximate surface area is 203 Å². The molecular weight excluding hydrogens is 442 g/mol. The highest BCUT2D eigenvalue weighted by Gasteiger charge is 2.43. The van der Waals surface area contributed by atoms with Crippen LogP contribution in [-0.2, 0) is 4.74 Å². The average molecular weight is 468 g/mol. The molecule has 0 bridgehead atoms. The molecule has 0 aliphatic carbocycles. The number of ether oxygens (including phenoxy) is 2. The van der Waals surface area contributed by atoms with E-state index in [0.29, 0.717) is 30.2 Å². The fourth-order valence-electron chi connectivity index (χ4n) is 4.43. The van der Waals surface area contributed by atoms with Gasteiger partial charge in [0.05, 0.1) is 30.5 Å². The van der Waals surface area contributed by atoms with E-state index in [2.05, 4.69) is 10.2 Å². The van der Waals surface area contributed by atoms with Gasteiger partial charge in [-0.1, -0.05) is 30.3 Å². The SMILES string of the molecule is CCOC(=O)c1ccc(N2C(=O)c3[nH]nc(-c4ccc(OCC)cc4)c3C2c2ccccc2)cc1. The second-order valence-corrected chi connectivity index (χ2v) is 8.07. The smallest absolute Gasteiger partial charge is 0.338 e. The lowest BCUT2D eigenvalue weighted by molar-refractivity contribution is 0.0526. The van der Waals surface area contributed by atoms with Crippen molar-refractivity contribution >= 4 is 17.6 Å². The van der Waals surface area contributed by atoms with Gasteiger partial charge in [0.25, 0.3) is 5.91 Å². The van der Waals surface area contributed by atoms with Crippen molar-refractivity contribution in [1.82, 2.24) is 10.2 Å². The number of fused-ring (bicyclic) bond motifs is 1. The van der Waals surface area contributed by atoms with Gasteiger partial charge in [0, 0.05) is 16.8 Å². The van der Waals surface area contributed by atoms with Crippen molar-refractivity contribution in [3.05, 3.63) is 101 Å². The molecule has 1 aromatic heterocycles. The zero-order chi connectivity index (χ0) is 24.4. The average Bonchev–Trinajstić information content (AvgIpc) is 3.44. The lowest BCUT2D eigenvalue weighted by atomic mass is 9.96. The number of hydrogen-bond acceptors (Lipinski definition) is 5. The van der Waals surface area contributed by atoms with E-state index >= 15 is 0 Å². The fourth-order valence-corrected chi connectivity index (χ4v) is 4.43. The van der Waals surface area contributed by atoms with E-state index in [4.69, 9.17) is 9.47 Å². The number of aromatic nitrogens is 2. The van der Waals surface area contributed by atoms with E-state index in [1.54, 1.807) is 36.1 Å². The summed E-state index contributed by atoms with van der Waals surface area (Å²) in [7, 11) is 0. The van der Waals surface area contributed by atoms with Crippen LogP contribution in [0.2, 0.25) is 0 Å². The van der Waals surface area contributed by atoms with Crippen LogP contribution in [0.1, 0.15) is 51.9 Å². The summed E-state index contributed by atoms with van der Waals surface area (Å²) >= 11 is 0. The summed E-state index contributed by atoms with van der Waals surface area (Å²) in [5.41, 5.74) is 4.96. The number of anilines is 1. The molecule has 1 aliphatic heterocycles. The largest absolute Gasteiger partial charge is 0.494 e. The van der Waals surface area contributed by atoms with Crippen LogP contribution in [-0.4, -0.2) is 35.3 Å². The Hall–Kier alpha value is -4.39. The monoisotopic (exact) mass is 467 g/mol. The summed E-state index contributed by atoms with van der Waals surface area (Å²) in [5, 5.41) is 7.49. The minimum atomic E-state index is -0.390. The van der Waals surface area contributed by atoms with Gasteiger partial charge < -0.3 is 9.47 Å². The molecule has 0 radical (unpaired) electrons. The quantitative estimate of drug-likeness (QED) is 0.368. The molecule has 7 nitrogen and oxygen atoms in total. The summed E-state index contributed by atoms with van der Waals surface area (Å²) in [4.78, 5) is 27.5. The number of amides is 1. The number of rotatable bonds is 7. The molecule has 3 aromatic carbocycles. The zero-order valence-corrected chi connectivity index (χ0v) is 19.5. The van der Waals surface area contributed by atoms with Crippen LogP contribution in [0.5, 0.6) is 5.75 Å². The molecule has 176 valence electrons. The van der Waals surface area contributed by atoms with Gasteiger partial charge in [-0.05, 0) is 67.9 Å².